The molecular weight excluding hydrogens is 397 g/mol. The zero-order valence-corrected chi connectivity index (χ0v) is 16.2. The Morgan fingerprint density at radius 1 is 1.27 bits per heavy atom. The minimum absolute atomic E-state index is 0.0659. The van der Waals surface area contributed by atoms with E-state index in [9.17, 15) is 18.0 Å². The molecule has 2 saturated heterocycles. The number of hydrogen-bond donors (Lipinski definition) is 0. The summed E-state index contributed by atoms with van der Waals surface area (Å²) in [6, 6.07) is 7.31. The average Bonchev–Trinajstić information content (AvgIpc) is 3.36. The van der Waals surface area contributed by atoms with Crippen LogP contribution in [-0.4, -0.2) is 59.0 Å². The van der Waals surface area contributed by atoms with E-state index in [1.165, 1.54) is 12.3 Å². The maximum Gasteiger partial charge on any atom is 0.418 e. The molecule has 0 bridgehead atoms. The highest BCUT2D eigenvalue weighted by atomic mass is 19.4. The Hall–Kier alpha value is -2.86. The van der Waals surface area contributed by atoms with Crippen LogP contribution < -0.4 is 4.74 Å². The number of aromatic nitrogens is 1. The maximum atomic E-state index is 13.3. The molecule has 30 heavy (non-hydrogen) atoms. The van der Waals surface area contributed by atoms with Gasteiger partial charge in [-0.25, -0.2) is 0 Å². The monoisotopic (exact) mass is 418 g/mol. The molecule has 158 valence electrons. The van der Waals surface area contributed by atoms with Crippen LogP contribution in [0.5, 0.6) is 5.75 Å². The number of ether oxygens (including phenoxy) is 1. The summed E-state index contributed by atoms with van der Waals surface area (Å²) in [7, 11) is 0. The number of para-hydroxylation sites is 1. The zero-order chi connectivity index (χ0) is 21.3. The minimum atomic E-state index is -4.49. The fraction of sp³-hybridized carbons (Fsp3) is 0.476. The van der Waals surface area contributed by atoms with Crippen LogP contribution in [0.15, 0.2) is 30.5 Å². The van der Waals surface area contributed by atoms with Gasteiger partial charge in [0.05, 0.1) is 23.7 Å². The van der Waals surface area contributed by atoms with Gasteiger partial charge in [0.25, 0.3) is 0 Å². The molecule has 6 nitrogen and oxygen atoms in total. The fourth-order valence-electron chi connectivity index (χ4n) is 4.18. The maximum absolute atomic E-state index is 13.3. The van der Waals surface area contributed by atoms with Crippen LogP contribution in [0, 0.1) is 11.3 Å². The van der Waals surface area contributed by atoms with E-state index in [0.29, 0.717) is 43.6 Å². The highest BCUT2D eigenvalue weighted by Gasteiger charge is 2.34. The first-order valence-electron chi connectivity index (χ1n) is 9.90. The molecule has 9 heteroatoms. The van der Waals surface area contributed by atoms with Crippen LogP contribution in [0.25, 0.3) is 10.9 Å². The van der Waals surface area contributed by atoms with Gasteiger partial charge in [-0.2, -0.15) is 18.4 Å². The number of alkyl halides is 3. The molecule has 1 amide bonds. The SMILES string of the molecule is N#CC1CCCN1C(=O)CN1CC[C@H](Oc2ccnc3c(C(F)(F)F)cccc23)C1. The molecule has 0 radical (unpaired) electrons. The van der Waals surface area contributed by atoms with E-state index >= 15 is 0 Å². The molecule has 2 aliphatic heterocycles. The van der Waals surface area contributed by atoms with Crippen molar-refractivity contribution in [3.63, 3.8) is 0 Å². The van der Waals surface area contributed by atoms with Crippen molar-refractivity contribution in [2.45, 2.75) is 37.6 Å². The van der Waals surface area contributed by atoms with Gasteiger partial charge in [0, 0.05) is 31.2 Å². The Balaban J connectivity index is 1.43. The number of hydrogen-bond acceptors (Lipinski definition) is 5. The quantitative estimate of drug-likeness (QED) is 0.763. The van der Waals surface area contributed by atoms with Crippen molar-refractivity contribution in [3.05, 3.63) is 36.0 Å². The van der Waals surface area contributed by atoms with Crippen molar-refractivity contribution in [2.75, 3.05) is 26.2 Å². The Morgan fingerprint density at radius 3 is 2.87 bits per heavy atom. The summed E-state index contributed by atoms with van der Waals surface area (Å²) in [5.74, 6) is 0.289. The number of amides is 1. The smallest absolute Gasteiger partial charge is 0.418 e. The van der Waals surface area contributed by atoms with Crippen LogP contribution in [0.2, 0.25) is 0 Å². The summed E-state index contributed by atoms with van der Waals surface area (Å²) in [6.07, 6.45) is -1.19. The molecule has 1 aromatic heterocycles. The lowest BCUT2D eigenvalue weighted by Crippen LogP contribution is -2.42. The molecule has 2 aliphatic rings. The van der Waals surface area contributed by atoms with E-state index in [0.717, 1.165) is 12.5 Å². The van der Waals surface area contributed by atoms with Crippen LogP contribution >= 0.6 is 0 Å². The highest BCUT2D eigenvalue weighted by Crippen LogP contribution is 2.36. The number of fused-ring (bicyclic) bond motifs is 1. The first kappa shape index (κ1) is 20.4. The zero-order valence-electron chi connectivity index (χ0n) is 16.2. The second-order valence-corrected chi connectivity index (χ2v) is 7.65. The molecule has 0 spiro atoms. The molecule has 0 N–H and O–H groups in total. The van der Waals surface area contributed by atoms with Gasteiger partial charge in [-0.3, -0.25) is 14.7 Å². The molecule has 1 unspecified atom stereocenters. The topological polar surface area (TPSA) is 69.5 Å². The molecule has 3 heterocycles. The van der Waals surface area contributed by atoms with Gasteiger partial charge in [-0.1, -0.05) is 6.07 Å². The van der Waals surface area contributed by atoms with E-state index in [4.69, 9.17) is 10.00 Å². The fourth-order valence-corrected chi connectivity index (χ4v) is 4.18. The first-order chi connectivity index (χ1) is 14.4. The lowest BCUT2D eigenvalue weighted by Gasteiger charge is -2.23. The molecule has 1 aromatic carbocycles. The van der Waals surface area contributed by atoms with Crippen LogP contribution in [-0.2, 0) is 11.0 Å². The second kappa shape index (κ2) is 8.11. The number of pyridine rings is 1. The summed E-state index contributed by atoms with van der Waals surface area (Å²) in [6.45, 7) is 1.97. The van der Waals surface area contributed by atoms with Gasteiger partial charge in [-0.15, -0.1) is 0 Å². The number of halogens is 3. The van der Waals surface area contributed by atoms with Crippen molar-refractivity contribution < 1.29 is 22.7 Å². The molecule has 4 rings (SSSR count). The van der Waals surface area contributed by atoms with E-state index in [2.05, 4.69) is 11.1 Å². The Labute approximate surface area is 171 Å². The number of likely N-dealkylation sites (tertiary alicyclic amines) is 2. The van der Waals surface area contributed by atoms with Crippen molar-refractivity contribution in [2.24, 2.45) is 0 Å². The Kier molecular flexibility index (Phi) is 5.52. The van der Waals surface area contributed by atoms with E-state index in [1.54, 1.807) is 17.0 Å². The largest absolute Gasteiger partial charge is 0.488 e. The molecule has 2 aromatic rings. The van der Waals surface area contributed by atoms with Gasteiger partial charge in [0.15, 0.2) is 0 Å². The van der Waals surface area contributed by atoms with Gasteiger partial charge in [-0.05, 0) is 37.5 Å². The lowest BCUT2D eigenvalue weighted by molar-refractivity contribution is -0.136. The lowest BCUT2D eigenvalue weighted by atomic mass is 10.1. The average molecular weight is 418 g/mol. The first-order valence-corrected chi connectivity index (χ1v) is 9.90. The van der Waals surface area contributed by atoms with E-state index in [1.807, 2.05) is 4.90 Å². The summed E-state index contributed by atoms with van der Waals surface area (Å²) in [5, 5.41) is 9.47. The third-order valence-electron chi connectivity index (χ3n) is 5.64. The summed E-state index contributed by atoms with van der Waals surface area (Å²) >= 11 is 0. The van der Waals surface area contributed by atoms with Crippen LogP contribution in [0.1, 0.15) is 24.8 Å². The number of nitrogens with zero attached hydrogens (tertiary/aromatic N) is 4. The molecule has 2 atom stereocenters. The number of carbonyl (C=O) groups is 1. The van der Waals surface area contributed by atoms with Gasteiger partial charge < -0.3 is 9.64 Å². The summed E-state index contributed by atoms with van der Waals surface area (Å²) < 4.78 is 45.8. The number of benzene rings is 1. The predicted molar refractivity (Wildman–Crippen MR) is 103 cm³/mol. The Bertz CT molecular complexity index is 988. The predicted octanol–water partition coefficient (Wildman–Crippen LogP) is 3.22. The Morgan fingerprint density at radius 2 is 2.10 bits per heavy atom. The van der Waals surface area contributed by atoms with Crippen molar-refractivity contribution in [1.82, 2.24) is 14.8 Å². The summed E-state index contributed by atoms with van der Waals surface area (Å²) in [4.78, 5) is 20.0. The van der Waals surface area contributed by atoms with E-state index < -0.39 is 11.7 Å². The van der Waals surface area contributed by atoms with Crippen molar-refractivity contribution in [3.8, 4) is 11.8 Å². The number of nitriles is 1. The third-order valence-corrected chi connectivity index (χ3v) is 5.64. The molecule has 0 aliphatic carbocycles. The molecule has 2 fully saturated rings. The number of rotatable bonds is 4. The van der Waals surface area contributed by atoms with E-state index in [-0.39, 0.29) is 30.1 Å². The number of carbonyl (C=O) groups excluding carboxylic acids is 1. The molecule has 0 saturated carbocycles. The summed E-state index contributed by atoms with van der Waals surface area (Å²) in [5.41, 5.74) is -0.925. The van der Waals surface area contributed by atoms with Crippen LogP contribution in [0.4, 0.5) is 13.2 Å². The standard InChI is InChI=1S/C21H21F3N4O2/c22-21(23,24)17-5-1-4-16-18(6-8-26-20(16)17)30-15-7-10-27(12-15)13-19(29)28-9-2-3-14(28)11-25/h1,4-6,8,14-15H,2-3,7,9-10,12-13H2/t14?,15-/m0/s1. The molecular formula is C21H21F3N4O2. The van der Waals surface area contributed by atoms with Crippen molar-refractivity contribution >= 4 is 16.8 Å². The van der Waals surface area contributed by atoms with Gasteiger partial charge in [0.2, 0.25) is 5.91 Å². The normalized spacial score (nSPS) is 22.4. The van der Waals surface area contributed by atoms with Crippen LogP contribution in [0.3, 0.4) is 0 Å². The minimum Gasteiger partial charge on any atom is -0.488 e. The highest BCUT2D eigenvalue weighted by molar-refractivity contribution is 5.87. The third kappa shape index (κ3) is 4.05. The second-order valence-electron chi connectivity index (χ2n) is 7.65. The van der Waals surface area contributed by atoms with Crippen molar-refractivity contribution in [1.29, 1.82) is 5.26 Å². The van der Waals surface area contributed by atoms with Gasteiger partial charge in [0.1, 0.15) is 17.9 Å². The van der Waals surface area contributed by atoms with Gasteiger partial charge >= 0.3 is 6.18 Å².